The molecule has 1 saturated carbocycles. The number of anilines is 3. The Bertz CT molecular complexity index is 1910. The summed E-state index contributed by atoms with van der Waals surface area (Å²) < 4.78 is 173. The maximum absolute atomic E-state index is 15.0. The summed E-state index contributed by atoms with van der Waals surface area (Å²) in [4.78, 5) is 37.6. The SMILES string of the molecule is O=C(Nc1ccc(F)c(NC(=O)C(F)(F)C(F)(F)OC(F)(F)F)c1F)c1cc(NC(=O)[C@H]2[C@H](c3ccc(F)c(C(F)(F)F)c3)C2(Cl)Cl)ccc1Cl. The first kappa shape index (κ1) is 39.8. The van der Waals surface area contributed by atoms with Gasteiger partial charge in [-0.25, -0.2) is 17.9 Å². The standard InChI is InChI=1S/C28H13Cl3F13N3O4/c29-13-3-2-10(45-22(49)18-17(24(18,30)31)9-1-4-14(32)12(7-9)26(37,38)39)8-11(13)21(48)46-16-6-5-15(33)20(19(16)34)47-23(50)25(35,36)27(40,41)51-28(42,43)44/h1-8,17-18H,(H,45,49)(H,46,48)(H,47,50)/t17-,18+/m0/s1. The van der Waals surface area contributed by atoms with E-state index in [4.69, 9.17) is 34.8 Å². The molecule has 0 bridgehead atoms. The second-order valence-electron chi connectivity index (χ2n) is 10.4. The molecule has 4 rings (SSSR count). The monoisotopic (exact) mass is 807 g/mol. The van der Waals surface area contributed by atoms with Crippen LogP contribution >= 0.6 is 34.8 Å². The number of nitrogens with one attached hydrogen (secondary N) is 3. The number of ether oxygens (including phenoxy) is 1. The lowest BCUT2D eigenvalue weighted by Gasteiger charge is -2.25. The third-order valence-electron chi connectivity index (χ3n) is 6.94. The molecule has 3 N–H and O–H groups in total. The van der Waals surface area contributed by atoms with Gasteiger partial charge in [0.05, 0.1) is 27.8 Å². The zero-order chi connectivity index (χ0) is 38.6. The van der Waals surface area contributed by atoms with Crippen molar-refractivity contribution in [2.24, 2.45) is 5.92 Å². The van der Waals surface area contributed by atoms with E-state index >= 15 is 4.39 Å². The van der Waals surface area contributed by atoms with E-state index in [1.807, 2.05) is 4.74 Å². The molecule has 3 aromatic rings. The van der Waals surface area contributed by atoms with E-state index < -0.39 is 103 Å². The Morgan fingerprint density at radius 2 is 1.37 bits per heavy atom. The van der Waals surface area contributed by atoms with Gasteiger partial charge in [-0.2, -0.15) is 30.7 Å². The summed E-state index contributed by atoms with van der Waals surface area (Å²) in [6, 6.07) is 5.48. The molecule has 2 atom stereocenters. The van der Waals surface area contributed by atoms with Crippen LogP contribution in [0.4, 0.5) is 74.1 Å². The summed E-state index contributed by atoms with van der Waals surface area (Å²) in [5.74, 6) is -20.4. The molecule has 1 fully saturated rings. The van der Waals surface area contributed by atoms with Crippen LogP contribution in [-0.4, -0.2) is 40.4 Å². The maximum atomic E-state index is 15.0. The van der Waals surface area contributed by atoms with Gasteiger partial charge < -0.3 is 16.0 Å². The molecule has 0 saturated heterocycles. The first-order chi connectivity index (χ1) is 23.2. The Balaban J connectivity index is 1.52. The smallest absolute Gasteiger partial charge is 0.326 e. The lowest BCUT2D eigenvalue weighted by molar-refractivity contribution is -0.457. The molecule has 3 aromatic carbocycles. The highest BCUT2D eigenvalue weighted by Crippen LogP contribution is 2.65. The van der Waals surface area contributed by atoms with E-state index in [1.54, 1.807) is 5.32 Å². The average molecular weight is 809 g/mol. The van der Waals surface area contributed by atoms with Crippen LogP contribution in [-0.2, 0) is 20.5 Å². The minimum atomic E-state index is -6.54. The Morgan fingerprint density at radius 1 is 0.765 bits per heavy atom. The Labute approximate surface area is 289 Å². The highest BCUT2D eigenvalue weighted by Gasteiger charge is 2.68. The van der Waals surface area contributed by atoms with Crippen molar-refractivity contribution in [1.82, 2.24) is 0 Å². The van der Waals surface area contributed by atoms with Gasteiger partial charge in [-0.3, -0.25) is 14.4 Å². The molecule has 0 radical (unpaired) electrons. The van der Waals surface area contributed by atoms with E-state index in [-0.39, 0.29) is 17.3 Å². The fraction of sp³-hybridized carbons (Fsp3) is 0.250. The first-order valence-corrected chi connectivity index (χ1v) is 14.3. The Morgan fingerprint density at radius 3 is 1.96 bits per heavy atom. The van der Waals surface area contributed by atoms with Gasteiger partial charge in [0.2, 0.25) is 5.91 Å². The summed E-state index contributed by atoms with van der Waals surface area (Å²) in [5.41, 5.74) is -5.78. The van der Waals surface area contributed by atoms with Gasteiger partial charge in [0.1, 0.15) is 21.7 Å². The van der Waals surface area contributed by atoms with E-state index in [1.165, 1.54) is 0 Å². The molecule has 1 aliphatic carbocycles. The fourth-order valence-electron chi connectivity index (χ4n) is 4.51. The number of hydrogen-bond acceptors (Lipinski definition) is 4. The minimum Gasteiger partial charge on any atom is -0.326 e. The topological polar surface area (TPSA) is 96.5 Å². The lowest BCUT2D eigenvalue weighted by Crippen LogP contribution is -2.53. The number of hydrogen-bond donors (Lipinski definition) is 3. The second-order valence-corrected chi connectivity index (χ2v) is 12.2. The molecule has 0 aromatic heterocycles. The number of halogens is 16. The predicted molar refractivity (Wildman–Crippen MR) is 152 cm³/mol. The molecule has 1 aliphatic rings. The molecule has 0 unspecified atom stereocenters. The van der Waals surface area contributed by atoms with Crippen molar-refractivity contribution in [2.45, 2.75) is 34.8 Å². The van der Waals surface area contributed by atoms with Crippen molar-refractivity contribution < 1.29 is 76.2 Å². The third-order valence-corrected chi connectivity index (χ3v) is 8.21. The molecule has 51 heavy (non-hydrogen) atoms. The van der Waals surface area contributed by atoms with Crippen LogP contribution in [0.25, 0.3) is 0 Å². The van der Waals surface area contributed by atoms with Gasteiger partial charge in [0, 0.05) is 11.6 Å². The van der Waals surface area contributed by atoms with Gasteiger partial charge in [-0.15, -0.1) is 36.4 Å². The number of carbonyl (C=O) groups is 3. The lowest BCUT2D eigenvalue weighted by atomic mass is 10.0. The Hall–Kier alpha value is -4.01. The van der Waals surface area contributed by atoms with E-state index in [2.05, 4.69) is 5.32 Å². The highest BCUT2D eigenvalue weighted by atomic mass is 35.5. The molecular formula is C28H13Cl3F13N3O4. The van der Waals surface area contributed by atoms with Gasteiger partial charge >= 0.3 is 30.5 Å². The van der Waals surface area contributed by atoms with E-state index in [0.717, 1.165) is 24.3 Å². The number of benzene rings is 3. The molecule has 23 heteroatoms. The summed E-state index contributed by atoms with van der Waals surface area (Å²) in [6.45, 7) is 0. The zero-order valence-corrected chi connectivity index (χ0v) is 26.2. The largest absolute Gasteiger partial charge is 0.527 e. The third kappa shape index (κ3) is 8.23. The summed E-state index contributed by atoms with van der Waals surface area (Å²) >= 11 is 18.3. The van der Waals surface area contributed by atoms with Gasteiger partial charge in [-0.1, -0.05) is 17.7 Å². The quantitative estimate of drug-likeness (QED) is 0.148. The molecule has 0 heterocycles. The van der Waals surface area contributed by atoms with E-state index in [0.29, 0.717) is 23.5 Å². The van der Waals surface area contributed by atoms with E-state index in [9.17, 15) is 67.1 Å². The van der Waals surface area contributed by atoms with Crippen LogP contribution in [0, 0.1) is 23.4 Å². The van der Waals surface area contributed by atoms with Crippen molar-refractivity contribution in [3.8, 4) is 0 Å². The number of amides is 3. The zero-order valence-electron chi connectivity index (χ0n) is 24.0. The number of alkyl halides is 12. The normalized spacial score (nSPS) is 17.5. The van der Waals surface area contributed by atoms with Crippen molar-refractivity contribution in [2.75, 3.05) is 16.0 Å². The molecule has 0 spiro atoms. The summed E-state index contributed by atoms with van der Waals surface area (Å²) in [7, 11) is 0. The van der Waals surface area contributed by atoms with Crippen molar-refractivity contribution >= 4 is 69.6 Å². The number of rotatable bonds is 9. The van der Waals surface area contributed by atoms with Crippen molar-refractivity contribution in [1.29, 1.82) is 0 Å². The predicted octanol–water partition coefficient (Wildman–Crippen LogP) is 9.26. The summed E-state index contributed by atoms with van der Waals surface area (Å²) in [5, 5.41) is 4.31. The maximum Gasteiger partial charge on any atom is 0.527 e. The molecule has 276 valence electrons. The highest BCUT2D eigenvalue weighted by molar-refractivity contribution is 6.53. The summed E-state index contributed by atoms with van der Waals surface area (Å²) in [6.07, 6.45) is -18.0. The molecule has 3 amide bonds. The fourth-order valence-corrected chi connectivity index (χ4v) is 5.54. The molecule has 0 aliphatic heterocycles. The van der Waals surface area contributed by atoms with Gasteiger partial charge in [-0.05, 0) is 48.0 Å². The second kappa shape index (κ2) is 13.5. The van der Waals surface area contributed by atoms with Crippen molar-refractivity contribution in [3.63, 3.8) is 0 Å². The minimum absolute atomic E-state index is 0.227. The number of carbonyl (C=O) groups excluding carboxylic acids is 3. The average Bonchev–Trinajstić information content (AvgIpc) is 3.57. The van der Waals surface area contributed by atoms with Crippen LogP contribution in [0.15, 0.2) is 48.5 Å². The van der Waals surface area contributed by atoms with Gasteiger partial charge in [0.25, 0.3) is 5.91 Å². The van der Waals surface area contributed by atoms with Crippen LogP contribution in [0.1, 0.15) is 27.4 Å². The van der Waals surface area contributed by atoms with Crippen LogP contribution < -0.4 is 16.0 Å². The Kier molecular flexibility index (Phi) is 10.5. The van der Waals surface area contributed by atoms with Crippen LogP contribution in [0.3, 0.4) is 0 Å². The van der Waals surface area contributed by atoms with Crippen LogP contribution in [0.2, 0.25) is 5.02 Å². The van der Waals surface area contributed by atoms with Crippen molar-refractivity contribution in [3.05, 3.63) is 87.7 Å². The van der Waals surface area contributed by atoms with Crippen LogP contribution in [0.5, 0.6) is 0 Å². The van der Waals surface area contributed by atoms with Gasteiger partial charge in [0.15, 0.2) is 5.82 Å². The molecule has 7 nitrogen and oxygen atoms in total. The molecular weight excluding hydrogens is 796 g/mol. The first-order valence-electron chi connectivity index (χ1n) is 13.2.